The Balaban J connectivity index is 1.74. The minimum atomic E-state index is -0.195. The van der Waals surface area contributed by atoms with Crippen molar-refractivity contribution in [1.82, 2.24) is 24.7 Å². The highest BCUT2D eigenvalue weighted by Crippen LogP contribution is 2.23. The van der Waals surface area contributed by atoms with Crippen LogP contribution in [0.4, 0.5) is 0 Å². The van der Waals surface area contributed by atoms with E-state index in [2.05, 4.69) is 17.2 Å². The number of rotatable bonds is 6. The molecule has 0 aliphatic carbocycles. The molecule has 0 spiro atoms. The molecule has 3 rings (SSSR count). The summed E-state index contributed by atoms with van der Waals surface area (Å²) in [4.78, 5) is 45.3. The van der Waals surface area contributed by atoms with Crippen molar-refractivity contribution in [3.63, 3.8) is 0 Å². The summed E-state index contributed by atoms with van der Waals surface area (Å²) >= 11 is 0. The molecule has 0 radical (unpaired) electrons. The van der Waals surface area contributed by atoms with Crippen molar-refractivity contribution in [2.75, 3.05) is 32.7 Å². The fourth-order valence-corrected chi connectivity index (χ4v) is 3.92. The predicted octanol–water partition coefficient (Wildman–Crippen LogP) is 1.44. The van der Waals surface area contributed by atoms with Crippen LogP contribution in [0.5, 0.6) is 0 Å². The van der Waals surface area contributed by atoms with Gasteiger partial charge in [0.1, 0.15) is 5.69 Å². The van der Waals surface area contributed by atoms with Crippen molar-refractivity contribution in [2.24, 2.45) is 0 Å². The van der Waals surface area contributed by atoms with Gasteiger partial charge in [0.15, 0.2) is 5.82 Å². The van der Waals surface area contributed by atoms with Crippen LogP contribution in [0.25, 0.3) is 0 Å². The zero-order valence-corrected chi connectivity index (χ0v) is 17.0. The van der Waals surface area contributed by atoms with E-state index in [0.29, 0.717) is 44.2 Å². The Labute approximate surface area is 166 Å². The average Bonchev–Trinajstić information content (AvgIpc) is 3.10. The quantitative estimate of drug-likeness (QED) is 0.746. The number of unbranched alkanes of at least 4 members (excludes halogenated alkanes) is 2. The number of hydrogen-bond acceptors (Lipinski definition) is 4. The van der Waals surface area contributed by atoms with E-state index in [9.17, 15) is 14.4 Å². The van der Waals surface area contributed by atoms with Crippen LogP contribution in [0.15, 0.2) is 0 Å². The van der Waals surface area contributed by atoms with Gasteiger partial charge < -0.3 is 19.7 Å². The zero-order chi connectivity index (χ0) is 20.1. The number of imidazole rings is 1. The van der Waals surface area contributed by atoms with Gasteiger partial charge in [-0.1, -0.05) is 19.8 Å². The Morgan fingerprint density at radius 1 is 1.00 bits per heavy atom. The van der Waals surface area contributed by atoms with E-state index in [1.165, 1.54) is 0 Å². The van der Waals surface area contributed by atoms with E-state index in [1.54, 1.807) is 16.7 Å². The van der Waals surface area contributed by atoms with Gasteiger partial charge in [-0.15, -0.1) is 0 Å². The lowest BCUT2D eigenvalue weighted by molar-refractivity contribution is -0.130. The molecular formula is C20H31N5O3. The average molecular weight is 390 g/mol. The van der Waals surface area contributed by atoms with Gasteiger partial charge in [-0.25, -0.2) is 4.98 Å². The van der Waals surface area contributed by atoms with Gasteiger partial charge in [0.2, 0.25) is 5.91 Å². The normalized spacial score (nSPS) is 16.6. The second kappa shape index (κ2) is 9.21. The third-order valence-corrected chi connectivity index (χ3v) is 5.60. The third kappa shape index (κ3) is 4.36. The first-order valence-electron chi connectivity index (χ1n) is 10.4. The molecule has 1 saturated heterocycles. The molecule has 28 heavy (non-hydrogen) atoms. The molecule has 0 atom stereocenters. The summed E-state index contributed by atoms with van der Waals surface area (Å²) in [5.74, 6) is 0.0732. The fourth-order valence-electron chi connectivity index (χ4n) is 3.92. The summed E-state index contributed by atoms with van der Waals surface area (Å²) in [5.41, 5.74) is 1.29. The van der Waals surface area contributed by atoms with Crippen LogP contribution < -0.4 is 5.32 Å². The van der Waals surface area contributed by atoms with Crippen LogP contribution in [0.3, 0.4) is 0 Å². The molecule has 3 amide bonds. The summed E-state index contributed by atoms with van der Waals surface area (Å²) in [6.07, 6.45) is 5.89. The number of piperazine rings is 1. The van der Waals surface area contributed by atoms with E-state index in [4.69, 9.17) is 0 Å². The van der Waals surface area contributed by atoms with Crippen molar-refractivity contribution in [3.8, 4) is 0 Å². The van der Waals surface area contributed by atoms with Crippen molar-refractivity contribution < 1.29 is 14.4 Å². The van der Waals surface area contributed by atoms with Gasteiger partial charge >= 0.3 is 0 Å². The number of fused-ring (bicyclic) bond motifs is 1. The molecule has 0 bridgehead atoms. The minimum absolute atomic E-state index is 0.0356. The maximum Gasteiger partial charge on any atom is 0.287 e. The summed E-state index contributed by atoms with van der Waals surface area (Å²) < 4.78 is 1.93. The Kier molecular flexibility index (Phi) is 6.70. The second-order valence-corrected chi connectivity index (χ2v) is 7.60. The first-order chi connectivity index (χ1) is 13.5. The van der Waals surface area contributed by atoms with Crippen molar-refractivity contribution in [1.29, 1.82) is 0 Å². The lowest BCUT2D eigenvalue weighted by Crippen LogP contribution is -2.50. The van der Waals surface area contributed by atoms with Crippen molar-refractivity contribution >= 4 is 17.7 Å². The zero-order valence-electron chi connectivity index (χ0n) is 17.0. The minimum Gasteiger partial charge on any atom is -0.349 e. The lowest BCUT2D eigenvalue weighted by atomic mass is 10.1. The van der Waals surface area contributed by atoms with Gasteiger partial charge in [0.25, 0.3) is 11.8 Å². The van der Waals surface area contributed by atoms with E-state index in [0.717, 1.165) is 50.8 Å². The first kappa shape index (κ1) is 20.4. The number of carbonyl (C=O) groups is 3. The number of hydrogen-bond donors (Lipinski definition) is 1. The molecule has 8 nitrogen and oxygen atoms in total. The predicted molar refractivity (Wildman–Crippen MR) is 105 cm³/mol. The lowest BCUT2D eigenvalue weighted by Gasteiger charge is -2.34. The monoisotopic (exact) mass is 389 g/mol. The second-order valence-electron chi connectivity index (χ2n) is 7.60. The topological polar surface area (TPSA) is 87.5 Å². The molecule has 0 aromatic carbocycles. The molecule has 3 heterocycles. The fraction of sp³-hybridized carbons (Fsp3) is 0.700. The molecule has 1 N–H and O–H groups in total. The number of nitrogens with zero attached hydrogens (tertiary/aromatic N) is 4. The van der Waals surface area contributed by atoms with Gasteiger partial charge in [-0.2, -0.15) is 0 Å². The van der Waals surface area contributed by atoms with Gasteiger partial charge in [0, 0.05) is 46.2 Å². The third-order valence-electron chi connectivity index (χ3n) is 5.60. The highest BCUT2D eigenvalue weighted by molar-refractivity contribution is 5.97. The highest BCUT2D eigenvalue weighted by atomic mass is 16.2. The molecule has 1 aromatic rings. The number of nitrogens with one attached hydrogen (secondary N) is 1. The van der Waals surface area contributed by atoms with Gasteiger partial charge in [-0.3, -0.25) is 14.4 Å². The number of amides is 3. The van der Waals surface area contributed by atoms with Crippen molar-refractivity contribution in [2.45, 2.75) is 58.9 Å². The first-order valence-corrected chi connectivity index (χ1v) is 10.4. The molecule has 154 valence electrons. The molecule has 2 aliphatic heterocycles. The molecule has 0 unspecified atom stereocenters. The van der Waals surface area contributed by atoms with Crippen LogP contribution in [0, 0.1) is 0 Å². The van der Waals surface area contributed by atoms with Gasteiger partial charge in [0.05, 0.1) is 5.69 Å². The van der Waals surface area contributed by atoms with E-state index in [-0.39, 0.29) is 17.7 Å². The van der Waals surface area contributed by atoms with Crippen LogP contribution in [-0.4, -0.2) is 69.8 Å². The summed E-state index contributed by atoms with van der Waals surface area (Å²) in [6.45, 7) is 7.13. The number of carbonyl (C=O) groups excluding carboxylic acids is 3. The Bertz CT molecular complexity index is 734. The smallest absolute Gasteiger partial charge is 0.287 e. The Morgan fingerprint density at radius 3 is 2.39 bits per heavy atom. The molecule has 8 heteroatoms. The maximum absolute atomic E-state index is 13.1. The number of aromatic nitrogens is 2. The van der Waals surface area contributed by atoms with E-state index >= 15 is 0 Å². The molecule has 1 aromatic heterocycles. The van der Waals surface area contributed by atoms with E-state index < -0.39 is 0 Å². The summed E-state index contributed by atoms with van der Waals surface area (Å²) in [5, 5.41) is 2.94. The van der Waals surface area contributed by atoms with Gasteiger partial charge in [-0.05, 0) is 25.7 Å². The maximum atomic E-state index is 13.1. The van der Waals surface area contributed by atoms with Crippen LogP contribution >= 0.6 is 0 Å². The molecular weight excluding hydrogens is 358 g/mol. The van der Waals surface area contributed by atoms with Crippen LogP contribution in [0.2, 0.25) is 0 Å². The Hall–Kier alpha value is -2.38. The van der Waals surface area contributed by atoms with Crippen LogP contribution in [-0.2, 0) is 17.8 Å². The van der Waals surface area contributed by atoms with E-state index in [1.807, 2.05) is 4.57 Å². The van der Waals surface area contributed by atoms with Crippen LogP contribution in [0.1, 0.15) is 72.8 Å². The standard InChI is InChI=1S/C20H31N5O3/c1-3-4-6-9-21-19(27)18-22-17(16-8-5-7-10-25(16)18)20(28)24-13-11-23(12-14-24)15(2)26/h3-14H2,1-2H3,(H,21,27). The Morgan fingerprint density at radius 2 is 1.71 bits per heavy atom. The summed E-state index contributed by atoms with van der Waals surface area (Å²) in [6, 6.07) is 0. The SMILES string of the molecule is CCCCCNC(=O)c1nc(C(=O)N2CCN(C(C)=O)CC2)c2n1CCCC2. The molecule has 1 fully saturated rings. The largest absolute Gasteiger partial charge is 0.349 e. The van der Waals surface area contributed by atoms with Crippen molar-refractivity contribution in [3.05, 3.63) is 17.2 Å². The molecule has 2 aliphatic rings. The summed E-state index contributed by atoms with van der Waals surface area (Å²) in [7, 11) is 0. The highest BCUT2D eigenvalue weighted by Gasteiger charge is 2.31. The molecule has 0 saturated carbocycles.